The van der Waals surface area contributed by atoms with Gasteiger partial charge in [0.25, 0.3) is 0 Å². The number of nitrogens with one attached hydrogen (secondary N) is 1. The fourth-order valence-electron chi connectivity index (χ4n) is 2.20. The smallest absolute Gasteiger partial charge is 0.0622 e. The summed E-state index contributed by atoms with van der Waals surface area (Å²) in [6.07, 6.45) is 1.04. The largest absolute Gasteiger partial charge is 0.380 e. The number of benzene rings is 1. The van der Waals surface area contributed by atoms with E-state index in [1.807, 2.05) is 18.3 Å². The van der Waals surface area contributed by atoms with Crippen molar-refractivity contribution < 1.29 is 4.74 Å². The molecule has 1 atom stereocenters. The lowest BCUT2D eigenvalue weighted by Crippen LogP contribution is -2.35. The summed E-state index contributed by atoms with van der Waals surface area (Å²) in [5.41, 5.74) is 1.43. The monoisotopic (exact) mass is 263 g/mol. The Kier molecular flexibility index (Phi) is 5.17. The minimum atomic E-state index is 0.410. The lowest BCUT2D eigenvalue weighted by atomic mass is 10.1. The maximum atomic E-state index is 5.55. The van der Waals surface area contributed by atoms with Gasteiger partial charge in [-0.05, 0) is 42.3 Å². The van der Waals surface area contributed by atoms with Crippen molar-refractivity contribution in [2.75, 3.05) is 19.8 Å². The standard InChI is InChI=1S/C15H21NOS/c1-3-16-13(10-17-4-2)9-12-11-18-15-8-6-5-7-14(12)15/h5-8,11,13,16H,3-4,9-10H2,1-2H3. The van der Waals surface area contributed by atoms with Crippen LogP contribution in [-0.2, 0) is 11.2 Å². The third kappa shape index (κ3) is 3.31. The molecule has 1 aromatic heterocycles. The summed E-state index contributed by atoms with van der Waals surface area (Å²) in [6.45, 7) is 6.74. The van der Waals surface area contributed by atoms with Crippen molar-refractivity contribution in [2.45, 2.75) is 26.3 Å². The Morgan fingerprint density at radius 1 is 1.28 bits per heavy atom. The maximum absolute atomic E-state index is 5.55. The van der Waals surface area contributed by atoms with Crippen LogP contribution in [0.3, 0.4) is 0 Å². The zero-order valence-corrected chi connectivity index (χ0v) is 11.9. The lowest BCUT2D eigenvalue weighted by molar-refractivity contribution is 0.123. The molecule has 0 saturated heterocycles. The summed E-state index contributed by atoms with van der Waals surface area (Å²) in [5.74, 6) is 0. The predicted octanol–water partition coefficient (Wildman–Crippen LogP) is 3.46. The van der Waals surface area contributed by atoms with E-state index >= 15 is 0 Å². The fraction of sp³-hybridized carbons (Fsp3) is 0.467. The van der Waals surface area contributed by atoms with Crippen LogP contribution in [0.15, 0.2) is 29.6 Å². The Morgan fingerprint density at radius 3 is 2.89 bits per heavy atom. The van der Waals surface area contributed by atoms with E-state index in [4.69, 9.17) is 4.74 Å². The van der Waals surface area contributed by atoms with Gasteiger partial charge in [-0.2, -0.15) is 0 Å². The van der Waals surface area contributed by atoms with Crippen LogP contribution in [0.1, 0.15) is 19.4 Å². The van der Waals surface area contributed by atoms with E-state index in [9.17, 15) is 0 Å². The fourth-order valence-corrected chi connectivity index (χ4v) is 3.17. The molecular formula is C15H21NOS. The molecule has 0 amide bonds. The highest BCUT2D eigenvalue weighted by atomic mass is 32.1. The van der Waals surface area contributed by atoms with Gasteiger partial charge in [0.2, 0.25) is 0 Å². The summed E-state index contributed by atoms with van der Waals surface area (Å²) < 4.78 is 6.92. The lowest BCUT2D eigenvalue weighted by Gasteiger charge is -2.17. The number of hydrogen-bond acceptors (Lipinski definition) is 3. The zero-order chi connectivity index (χ0) is 12.8. The molecule has 0 aliphatic heterocycles. The first-order valence-corrected chi connectivity index (χ1v) is 7.49. The van der Waals surface area contributed by atoms with Crippen molar-refractivity contribution in [3.8, 4) is 0 Å². The van der Waals surface area contributed by atoms with E-state index < -0.39 is 0 Å². The first kappa shape index (κ1) is 13.5. The average molecular weight is 263 g/mol. The second kappa shape index (κ2) is 6.88. The molecule has 2 rings (SSSR count). The third-order valence-electron chi connectivity index (χ3n) is 3.04. The molecule has 1 heterocycles. The molecule has 0 spiro atoms. The number of thiophene rings is 1. The molecule has 18 heavy (non-hydrogen) atoms. The number of ether oxygens (including phenoxy) is 1. The van der Waals surface area contributed by atoms with Crippen LogP contribution in [0.2, 0.25) is 0 Å². The molecule has 2 nitrogen and oxygen atoms in total. The quantitative estimate of drug-likeness (QED) is 0.826. The van der Waals surface area contributed by atoms with Crippen molar-refractivity contribution in [2.24, 2.45) is 0 Å². The van der Waals surface area contributed by atoms with Crippen LogP contribution in [0.4, 0.5) is 0 Å². The van der Waals surface area contributed by atoms with Gasteiger partial charge in [0.05, 0.1) is 6.61 Å². The zero-order valence-electron chi connectivity index (χ0n) is 11.1. The Hall–Kier alpha value is -0.900. The van der Waals surface area contributed by atoms with Crippen LogP contribution in [-0.4, -0.2) is 25.8 Å². The Morgan fingerprint density at radius 2 is 2.11 bits per heavy atom. The Bertz CT molecular complexity index is 480. The molecule has 0 radical (unpaired) electrons. The SMILES string of the molecule is CCNC(COCC)Cc1csc2ccccc12. The van der Waals surface area contributed by atoms with E-state index in [0.29, 0.717) is 6.04 Å². The average Bonchev–Trinajstić information content (AvgIpc) is 2.80. The molecule has 1 unspecified atom stereocenters. The molecule has 3 heteroatoms. The highest BCUT2D eigenvalue weighted by Gasteiger charge is 2.11. The highest BCUT2D eigenvalue weighted by Crippen LogP contribution is 2.26. The molecule has 0 fully saturated rings. The summed E-state index contributed by atoms with van der Waals surface area (Å²) >= 11 is 1.83. The number of fused-ring (bicyclic) bond motifs is 1. The second-order valence-electron chi connectivity index (χ2n) is 4.38. The Balaban J connectivity index is 2.10. The van der Waals surface area contributed by atoms with Gasteiger partial charge in [0.15, 0.2) is 0 Å². The van der Waals surface area contributed by atoms with Gasteiger partial charge >= 0.3 is 0 Å². The minimum absolute atomic E-state index is 0.410. The molecule has 1 N–H and O–H groups in total. The number of likely N-dealkylation sites (N-methyl/N-ethyl adjacent to an activating group) is 1. The first-order valence-electron chi connectivity index (χ1n) is 6.61. The van der Waals surface area contributed by atoms with Gasteiger partial charge in [0.1, 0.15) is 0 Å². The second-order valence-corrected chi connectivity index (χ2v) is 5.29. The van der Waals surface area contributed by atoms with Crippen molar-refractivity contribution >= 4 is 21.4 Å². The Labute approximate surface area is 113 Å². The van der Waals surface area contributed by atoms with E-state index in [1.165, 1.54) is 15.6 Å². The molecule has 98 valence electrons. The number of rotatable bonds is 7. The van der Waals surface area contributed by atoms with E-state index in [0.717, 1.165) is 26.2 Å². The molecule has 2 aromatic rings. The van der Waals surface area contributed by atoms with Crippen molar-refractivity contribution in [1.29, 1.82) is 0 Å². The first-order chi connectivity index (χ1) is 8.85. The van der Waals surface area contributed by atoms with Gasteiger partial charge in [0, 0.05) is 17.3 Å². The molecule has 0 aliphatic rings. The third-order valence-corrected chi connectivity index (χ3v) is 4.06. The topological polar surface area (TPSA) is 21.3 Å². The van der Waals surface area contributed by atoms with E-state index in [2.05, 4.69) is 41.9 Å². The van der Waals surface area contributed by atoms with Gasteiger partial charge in [-0.3, -0.25) is 0 Å². The highest BCUT2D eigenvalue weighted by molar-refractivity contribution is 7.17. The van der Waals surface area contributed by atoms with Crippen molar-refractivity contribution in [1.82, 2.24) is 5.32 Å². The van der Waals surface area contributed by atoms with Crippen LogP contribution < -0.4 is 5.32 Å². The summed E-state index contributed by atoms with van der Waals surface area (Å²) in [7, 11) is 0. The van der Waals surface area contributed by atoms with Crippen molar-refractivity contribution in [3.05, 3.63) is 35.2 Å². The summed E-state index contributed by atoms with van der Waals surface area (Å²) in [6, 6.07) is 9.03. The van der Waals surface area contributed by atoms with Gasteiger partial charge in [-0.25, -0.2) is 0 Å². The van der Waals surface area contributed by atoms with Gasteiger partial charge < -0.3 is 10.1 Å². The van der Waals surface area contributed by atoms with Crippen LogP contribution in [0.25, 0.3) is 10.1 Å². The predicted molar refractivity (Wildman–Crippen MR) is 79.5 cm³/mol. The maximum Gasteiger partial charge on any atom is 0.0622 e. The molecular weight excluding hydrogens is 242 g/mol. The van der Waals surface area contributed by atoms with Crippen LogP contribution in [0, 0.1) is 0 Å². The molecule has 0 saturated carbocycles. The molecule has 1 aromatic carbocycles. The van der Waals surface area contributed by atoms with Gasteiger partial charge in [-0.1, -0.05) is 25.1 Å². The van der Waals surface area contributed by atoms with E-state index in [1.54, 1.807) is 0 Å². The molecule has 0 aliphatic carbocycles. The normalized spacial score (nSPS) is 13.0. The van der Waals surface area contributed by atoms with E-state index in [-0.39, 0.29) is 0 Å². The number of hydrogen-bond donors (Lipinski definition) is 1. The molecule has 0 bridgehead atoms. The van der Waals surface area contributed by atoms with Crippen molar-refractivity contribution in [3.63, 3.8) is 0 Å². The minimum Gasteiger partial charge on any atom is -0.380 e. The summed E-state index contributed by atoms with van der Waals surface area (Å²) in [5, 5.41) is 7.17. The van der Waals surface area contributed by atoms with Crippen LogP contribution >= 0.6 is 11.3 Å². The van der Waals surface area contributed by atoms with Crippen LogP contribution in [0.5, 0.6) is 0 Å². The van der Waals surface area contributed by atoms with Gasteiger partial charge in [-0.15, -0.1) is 11.3 Å². The summed E-state index contributed by atoms with van der Waals surface area (Å²) in [4.78, 5) is 0.